The zero-order valence-corrected chi connectivity index (χ0v) is 12.4. The van der Waals surface area contributed by atoms with Crippen molar-refractivity contribution in [1.29, 1.82) is 0 Å². The van der Waals surface area contributed by atoms with E-state index in [1.165, 1.54) is 11.3 Å². The van der Waals surface area contributed by atoms with Gasteiger partial charge in [-0.3, -0.25) is 0 Å². The lowest BCUT2D eigenvalue weighted by Gasteiger charge is -2.07. The van der Waals surface area contributed by atoms with Gasteiger partial charge in [-0.25, -0.2) is 4.98 Å². The lowest BCUT2D eigenvalue weighted by atomic mass is 10.1. The highest BCUT2D eigenvalue weighted by Gasteiger charge is 2.11. The van der Waals surface area contributed by atoms with Gasteiger partial charge in [0.05, 0.1) is 5.69 Å². The topological polar surface area (TPSA) is 43.8 Å². The van der Waals surface area contributed by atoms with Crippen LogP contribution in [0.1, 0.15) is 22.8 Å². The summed E-state index contributed by atoms with van der Waals surface area (Å²) in [6.45, 7) is 2.52. The van der Waals surface area contributed by atoms with Gasteiger partial charge in [-0.2, -0.15) is 0 Å². The molecule has 2 rings (SSSR count). The molecule has 0 bridgehead atoms. The van der Waals surface area contributed by atoms with E-state index in [-0.39, 0.29) is 0 Å². The highest BCUT2D eigenvalue weighted by atomic mass is 79.9. The molecule has 18 heavy (non-hydrogen) atoms. The van der Waals surface area contributed by atoms with E-state index in [9.17, 15) is 0 Å². The molecule has 0 saturated carbocycles. The van der Waals surface area contributed by atoms with Crippen molar-refractivity contribution < 1.29 is 0 Å². The van der Waals surface area contributed by atoms with Crippen LogP contribution in [0.3, 0.4) is 0 Å². The monoisotopic (exact) mass is 307 g/mol. The number of aromatic nitrogens is 2. The predicted molar refractivity (Wildman–Crippen MR) is 77.4 cm³/mol. The normalized spacial score (nSPS) is 10.9. The molecule has 1 heterocycles. The van der Waals surface area contributed by atoms with Crippen LogP contribution in [0.25, 0.3) is 0 Å². The molecule has 0 aliphatic rings. The Balaban J connectivity index is 2.18. The Bertz CT molecular complexity index is 546. The molecule has 0 amide bonds. The Kier molecular flexibility index (Phi) is 4.19. The summed E-state index contributed by atoms with van der Waals surface area (Å²) in [6.07, 6.45) is 1.96. The number of nitrogens with zero attached hydrogens (tertiary/aromatic N) is 2. The lowest BCUT2D eigenvalue weighted by molar-refractivity contribution is 0.764. The summed E-state index contributed by atoms with van der Waals surface area (Å²) in [6, 6.07) is 8.33. The van der Waals surface area contributed by atoms with E-state index < -0.39 is 0 Å². The minimum Gasteiger partial charge on any atom is -0.335 e. The predicted octanol–water partition coefficient (Wildman–Crippen LogP) is 2.73. The van der Waals surface area contributed by atoms with Gasteiger partial charge in [0.25, 0.3) is 0 Å². The van der Waals surface area contributed by atoms with Gasteiger partial charge in [0.1, 0.15) is 5.82 Å². The third kappa shape index (κ3) is 2.65. The summed E-state index contributed by atoms with van der Waals surface area (Å²) in [7, 11) is 2.05. The Morgan fingerprint density at radius 1 is 1.28 bits per heavy atom. The van der Waals surface area contributed by atoms with Crippen molar-refractivity contribution in [3.8, 4) is 0 Å². The summed E-state index contributed by atoms with van der Waals surface area (Å²) in [4.78, 5) is 4.49. The van der Waals surface area contributed by atoms with Crippen molar-refractivity contribution in [3.05, 3.63) is 51.5 Å². The van der Waals surface area contributed by atoms with E-state index in [0.29, 0.717) is 6.54 Å². The molecule has 0 fully saturated rings. The van der Waals surface area contributed by atoms with E-state index in [1.807, 2.05) is 13.0 Å². The fourth-order valence-electron chi connectivity index (χ4n) is 2.15. The van der Waals surface area contributed by atoms with Crippen molar-refractivity contribution in [2.75, 3.05) is 0 Å². The van der Waals surface area contributed by atoms with Gasteiger partial charge in [0, 0.05) is 23.8 Å². The van der Waals surface area contributed by atoms with E-state index >= 15 is 0 Å². The van der Waals surface area contributed by atoms with Crippen LogP contribution in [-0.4, -0.2) is 9.55 Å². The summed E-state index contributed by atoms with van der Waals surface area (Å²) < 4.78 is 3.30. The molecule has 2 aromatic rings. The average molecular weight is 308 g/mol. The number of imidazole rings is 1. The van der Waals surface area contributed by atoms with Gasteiger partial charge >= 0.3 is 0 Å². The Hall–Kier alpha value is -1.13. The summed E-state index contributed by atoms with van der Waals surface area (Å²) in [5.74, 6) is 1.03. The second-order valence-electron chi connectivity index (χ2n) is 4.41. The lowest BCUT2D eigenvalue weighted by Crippen LogP contribution is -2.06. The first kappa shape index (κ1) is 13.3. The first-order valence-corrected chi connectivity index (χ1v) is 6.87. The molecule has 0 aliphatic carbocycles. The van der Waals surface area contributed by atoms with Crippen LogP contribution < -0.4 is 5.73 Å². The molecule has 0 radical (unpaired) electrons. The molecule has 0 spiro atoms. The Morgan fingerprint density at radius 3 is 2.67 bits per heavy atom. The van der Waals surface area contributed by atoms with Crippen LogP contribution in [0.15, 0.2) is 28.7 Å². The molecule has 0 atom stereocenters. The summed E-state index contributed by atoms with van der Waals surface area (Å²) >= 11 is 3.58. The standard InChI is InChI=1S/C14H18BrN3/c1-10-17-13(9-16)14(18(10)2)8-7-11-5-3-4-6-12(11)15/h3-6H,7-9,16H2,1-2H3. The molecule has 0 unspecified atom stereocenters. The van der Waals surface area contributed by atoms with Crippen LogP contribution in [-0.2, 0) is 26.4 Å². The summed E-state index contributed by atoms with van der Waals surface area (Å²) in [5.41, 5.74) is 9.32. The third-order valence-corrected chi connectivity index (χ3v) is 4.08. The van der Waals surface area contributed by atoms with Crippen molar-refractivity contribution in [2.24, 2.45) is 12.8 Å². The number of halogens is 1. The van der Waals surface area contributed by atoms with Gasteiger partial charge in [-0.05, 0) is 31.4 Å². The van der Waals surface area contributed by atoms with Gasteiger partial charge in [0.15, 0.2) is 0 Å². The van der Waals surface area contributed by atoms with Gasteiger partial charge in [0.2, 0.25) is 0 Å². The molecule has 1 aromatic heterocycles. The van der Waals surface area contributed by atoms with Crippen LogP contribution in [0.4, 0.5) is 0 Å². The molecular formula is C14H18BrN3. The maximum atomic E-state index is 5.75. The number of nitrogens with two attached hydrogens (primary N) is 1. The maximum absolute atomic E-state index is 5.75. The van der Waals surface area contributed by atoms with E-state index in [0.717, 1.165) is 28.8 Å². The number of hydrogen-bond donors (Lipinski definition) is 1. The number of rotatable bonds is 4. The van der Waals surface area contributed by atoms with Crippen LogP contribution in [0.2, 0.25) is 0 Å². The smallest absolute Gasteiger partial charge is 0.105 e. The largest absolute Gasteiger partial charge is 0.335 e. The van der Waals surface area contributed by atoms with Crippen molar-refractivity contribution >= 4 is 15.9 Å². The average Bonchev–Trinajstić information content (AvgIpc) is 2.65. The fraction of sp³-hybridized carbons (Fsp3) is 0.357. The molecule has 2 N–H and O–H groups in total. The number of aryl methyl sites for hydroxylation is 2. The van der Waals surface area contributed by atoms with Gasteiger partial charge in [-0.15, -0.1) is 0 Å². The minimum absolute atomic E-state index is 0.507. The molecule has 3 nitrogen and oxygen atoms in total. The highest BCUT2D eigenvalue weighted by molar-refractivity contribution is 9.10. The first-order chi connectivity index (χ1) is 8.63. The zero-order chi connectivity index (χ0) is 13.1. The van der Waals surface area contributed by atoms with Gasteiger partial charge in [-0.1, -0.05) is 34.1 Å². The van der Waals surface area contributed by atoms with Crippen molar-refractivity contribution in [3.63, 3.8) is 0 Å². The maximum Gasteiger partial charge on any atom is 0.105 e. The highest BCUT2D eigenvalue weighted by Crippen LogP contribution is 2.19. The minimum atomic E-state index is 0.507. The van der Waals surface area contributed by atoms with Crippen LogP contribution >= 0.6 is 15.9 Å². The van der Waals surface area contributed by atoms with Crippen molar-refractivity contribution in [2.45, 2.75) is 26.3 Å². The Labute approximate surface area is 116 Å². The number of benzene rings is 1. The second-order valence-corrected chi connectivity index (χ2v) is 5.26. The molecule has 0 saturated heterocycles. The fourth-order valence-corrected chi connectivity index (χ4v) is 2.64. The van der Waals surface area contributed by atoms with Gasteiger partial charge < -0.3 is 10.3 Å². The number of hydrogen-bond acceptors (Lipinski definition) is 2. The molecule has 96 valence electrons. The first-order valence-electron chi connectivity index (χ1n) is 6.08. The molecular weight excluding hydrogens is 290 g/mol. The van der Waals surface area contributed by atoms with Crippen LogP contribution in [0.5, 0.6) is 0 Å². The molecule has 1 aromatic carbocycles. The SMILES string of the molecule is Cc1nc(CN)c(CCc2ccccc2Br)n1C. The molecule has 0 aliphatic heterocycles. The molecule has 4 heteroatoms. The Morgan fingerprint density at radius 2 is 2.00 bits per heavy atom. The van der Waals surface area contributed by atoms with Crippen LogP contribution in [0, 0.1) is 6.92 Å². The quantitative estimate of drug-likeness (QED) is 0.944. The van der Waals surface area contributed by atoms with Crippen molar-refractivity contribution in [1.82, 2.24) is 9.55 Å². The van der Waals surface area contributed by atoms with E-state index in [2.05, 4.69) is 50.7 Å². The van der Waals surface area contributed by atoms with E-state index in [4.69, 9.17) is 5.73 Å². The third-order valence-electron chi connectivity index (χ3n) is 3.30. The second kappa shape index (κ2) is 5.67. The summed E-state index contributed by atoms with van der Waals surface area (Å²) in [5, 5.41) is 0. The zero-order valence-electron chi connectivity index (χ0n) is 10.8. The van der Waals surface area contributed by atoms with E-state index in [1.54, 1.807) is 0 Å².